The largest absolute Gasteiger partial charge is 0.502 e. The second-order valence-electron chi connectivity index (χ2n) is 4.69. The number of nitrogens with zero attached hydrogens (tertiary/aromatic N) is 2. The fourth-order valence-electron chi connectivity index (χ4n) is 1.77. The number of hydrogen-bond acceptors (Lipinski definition) is 5. The fraction of sp³-hybridized carbons (Fsp3) is 0.0667. The molecule has 0 aliphatic rings. The van der Waals surface area contributed by atoms with Crippen LogP contribution in [0.4, 0.5) is 5.69 Å². The predicted octanol–water partition coefficient (Wildman–Crippen LogP) is 3.03. The quantitative estimate of drug-likeness (QED) is 0.509. The van der Waals surface area contributed by atoms with Crippen LogP contribution in [-0.4, -0.2) is 22.2 Å². The zero-order valence-electron chi connectivity index (χ0n) is 12.0. The first kappa shape index (κ1) is 16.4. The van der Waals surface area contributed by atoms with Gasteiger partial charge >= 0.3 is 5.69 Å². The molecule has 118 valence electrons. The Morgan fingerprint density at radius 1 is 1.35 bits per heavy atom. The molecular formula is C15H12ClN3O4. The molecule has 2 aromatic rings. The summed E-state index contributed by atoms with van der Waals surface area (Å²) in [6.45, 7) is 1.90. The van der Waals surface area contributed by atoms with Crippen molar-refractivity contribution in [2.45, 2.75) is 6.92 Å². The lowest BCUT2D eigenvalue weighted by molar-refractivity contribution is -0.385. The molecule has 0 fully saturated rings. The highest BCUT2D eigenvalue weighted by molar-refractivity contribution is 6.31. The predicted molar refractivity (Wildman–Crippen MR) is 86.0 cm³/mol. The molecule has 0 radical (unpaired) electrons. The summed E-state index contributed by atoms with van der Waals surface area (Å²) in [7, 11) is 0. The summed E-state index contributed by atoms with van der Waals surface area (Å²) in [5, 5.41) is 24.3. The van der Waals surface area contributed by atoms with Gasteiger partial charge in [-0.1, -0.05) is 29.3 Å². The van der Waals surface area contributed by atoms with E-state index in [4.69, 9.17) is 11.6 Å². The van der Waals surface area contributed by atoms with E-state index in [1.807, 2.05) is 6.92 Å². The molecule has 0 saturated heterocycles. The summed E-state index contributed by atoms with van der Waals surface area (Å²) in [5.74, 6) is -1.02. The number of benzene rings is 2. The third kappa shape index (κ3) is 4.04. The van der Waals surface area contributed by atoms with Crippen LogP contribution in [0, 0.1) is 17.0 Å². The van der Waals surface area contributed by atoms with E-state index in [1.165, 1.54) is 6.07 Å². The summed E-state index contributed by atoms with van der Waals surface area (Å²) in [6.07, 6.45) is 1.08. The zero-order valence-corrected chi connectivity index (χ0v) is 12.7. The monoisotopic (exact) mass is 333 g/mol. The number of hydrogen-bond donors (Lipinski definition) is 2. The number of amides is 1. The normalized spacial score (nSPS) is 10.7. The van der Waals surface area contributed by atoms with Crippen LogP contribution in [0.5, 0.6) is 5.75 Å². The lowest BCUT2D eigenvalue weighted by Crippen LogP contribution is -2.17. The minimum atomic E-state index is -0.760. The second-order valence-corrected chi connectivity index (χ2v) is 5.12. The summed E-state index contributed by atoms with van der Waals surface area (Å²) in [5.41, 5.74) is 3.18. The van der Waals surface area contributed by atoms with E-state index < -0.39 is 22.3 Å². The van der Waals surface area contributed by atoms with Gasteiger partial charge in [0.05, 0.1) is 11.1 Å². The van der Waals surface area contributed by atoms with E-state index in [9.17, 15) is 20.0 Å². The van der Waals surface area contributed by atoms with Crippen molar-refractivity contribution in [2.75, 3.05) is 0 Å². The number of aryl methyl sites for hydroxylation is 1. The van der Waals surface area contributed by atoms with Crippen LogP contribution in [-0.2, 0) is 0 Å². The average molecular weight is 334 g/mol. The Balaban J connectivity index is 2.16. The summed E-state index contributed by atoms with van der Waals surface area (Å²) < 4.78 is 0. The number of phenolic OH excluding ortho intramolecular Hbond substituents is 1. The van der Waals surface area contributed by atoms with E-state index in [-0.39, 0.29) is 10.6 Å². The Bertz CT molecular complexity index is 788. The van der Waals surface area contributed by atoms with Crippen LogP contribution < -0.4 is 5.43 Å². The van der Waals surface area contributed by atoms with Crippen LogP contribution in [0.15, 0.2) is 41.5 Å². The summed E-state index contributed by atoms with van der Waals surface area (Å²) in [6, 6.07) is 9.17. The van der Waals surface area contributed by atoms with E-state index in [0.717, 1.165) is 17.8 Å². The smallest absolute Gasteiger partial charge is 0.312 e. The number of nitro benzene ring substituents is 1. The number of carbonyl (C=O) groups excluding carboxylic acids is 1. The van der Waals surface area contributed by atoms with Gasteiger partial charge in [0.25, 0.3) is 5.91 Å². The van der Waals surface area contributed by atoms with Crippen molar-refractivity contribution >= 4 is 29.4 Å². The van der Waals surface area contributed by atoms with Crippen molar-refractivity contribution in [1.29, 1.82) is 0 Å². The van der Waals surface area contributed by atoms with E-state index in [2.05, 4.69) is 10.5 Å². The molecule has 0 saturated carbocycles. The first-order valence-corrected chi connectivity index (χ1v) is 6.83. The van der Waals surface area contributed by atoms with Gasteiger partial charge in [0, 0.05) is 22.2 Å². The molecule has 2 aromatic carbocycles. The van der Waals surface area contributed by atoms with Gasteiger partial charge in [0.15, 0.2) is 0 Å². The summed E-state index contributed by atoms with van der Waals surface area (Å²) >= 11 is 5.75. The standard InChI is InChI=1S/C15H12ClN3O4/c1-9-2-4-10(5-3-9)15(21)18-17-8-11-6-12(16)7-13(14(11)20)19(22)23/h2-8,20H,1H3,(H,18,21)/b17-8+. The van der Waals surface area contributed by atoms with Gasteiger partial charge < -0.3 is 5.11 Å². The first-order chi connectivity index (χ1) is 10.9. The Hall–Kier alpha value is -2.93. The maximum Gasteiger partial charge on any atom is 0.312 e. The molecule has 0 atom stereocenters. The maximum atomic E-state index is 11.9. The molecule has 0 aromatic heterocycles. The maximum absolute atomic E-state index is 11.9. The highest BCUT2D eigenvalue weighted by Crippen LogP contribution is 2.32. The van der Waals surface area contributed by atoms with Crippen molar-refractivity contribution in [3.8, 4) is 5.75 Å². The molecule has 2 rings (SSSR count). The number of halogens is 1. The van der Waals surface area contributed by atoms with Crippen LogP contribution in [0.25, 0.3) is 0 Å². The Labute approximate surface area is 136 Å². The fourth-order valence-corrected chi connectivity index (χ4v) is 1.99. The van der Waals surface area contributed by atoms with Crippen LogP contribution in [0.2, 0.25) is 5.02 Å². The number of rotatable bonds is 4. The molecule has 8 heteroatoms. The van der Waals surface area contributed by atoms with Crippen molar-refractivity contribution in [1.82, 2.24) is 5.43 Å². The molecule has 0 bridgehead atoms. The number of nitro groups is 1. The second kappa shape index (κ2) is 6.89. The van der Waals surface area contributed by atoms with Crippen LogP contribution in [0.1, 0.15) is 21.5 Å². The van der Waals surface area contributed by atoms with E-state index >= 15 is 0 Å². The van der Waals surface area contributed by atoms with Gasteiger partial charge in [-0.25, -0.2) is 5.43 Å². The third-order valence-corrected chi connectivity index (χ3v) is 3.18. The topological polar surface area (TPSA) is 105 Å². The number of hydrazone groups is 1. The minimum Gasteiger partial charge on any atom is -0.502 e. The number of carbonyl (C=O) groups is 1. The Morgan fingerprint density at radius 3 is 2.61 bits per heavy atom. The minimum absolute atomic E-state index is 0.0217. The Kier molecular flexibility index (Phi) is 4.92. The highest BCUT2D eigenvalue weighted by Gasteiger charge is 2.17. The summed E-state index contributed by atoms with van der Waals surface area (Å²) in [4.78, 5) is 21.9. The first-order valence-electron chi connectivity index (χ1n) is 6.45. The molecule has 0 aliphatic heterocycles. The van der Waals surface area contributed by atoms with Gasteiger partial charge in [-0.2, -0.15) is 5.10 Å². The zero-order chi connectivity index (χ0) is 17.0. The van der Waals surface area contributed by atoms with Crippen molar-refractivity contribution in [2.24, 2.45) is 5.10 Å². The molecule has 7 nitrogen and oxygen atoms in total. The van der Waals surface area contributed by atoms with E-state index in [1.54, 1.807) is 24.3 Å². The van der Waals surface area contributed by atoms with Crippen molar-refractivity contribution < 1.29 is 14.8 Å². The SMILES string of the molecule is Cc1ccc(C(=O)N/N=C/c2cc(Cl)cc([N+](=O)[O-])c2O)cc1. The van der Waals surface area contributed by atoms with Gasteiger partial charge in [-0.15, -0.1) is 0 Å². The van der Waals surface area contributed by atoms with Crippen LogP contribution in [0.3, 0.4) is 0 Å². The molecule has 2 N–H and O–H groups in total. The number of nitrogens with one attached hydrogen (secondary N) is 1. The average Bonchev–Trinajstić information content (AvgIpc) is 2.50. The van der Waals surface area contributed by atoms with Crippen molar-refractivity contribution in [3.05, 3.63) is 68.2 Å². The van der Waals surface area contributed by atoms with Crippen molar-refractivity contribution in [3.63, 3.8) is 0 Å². The van der Waals surface area contributed by atoms with E-state index in [0.29, 0.717) is 5.56 Å². The molecular weight excluding hydrogens is 322 g/mol. The number of phenols is 1. The lowest BCUT2D eigenvalue weighted by atomic mass is 10.1. The molecule has 1 amide bonds. The van der Waals surface area contributed by atoms with Gasteiger partial charge in [0.1, 0.15) is 0 Å². The molecule has 23 heavy (non-hydrogen) atoms. The van der Waals surface area contributed by atoms with Gasteiger partial charge in [0.2, 0.25) is 5.75 Å². The number of aromatic hydroxyl groups is 1. The van der Waals surface area contributed by atoms with Crippen LogP contribution >= 0.6 is 11.6 Å². The lowest BCUT2D eigenvalue weighted by Gasteiger charge is -2.02. The molecule has 0 aliphatic carbocycles. The van der Waals surface area contributed by atoms with Gasteiger partial charge in [-0.3, -0.25) is 14.9 Å². The third-order valence-electron chi connectivity index (χ3n) is 2.96. The van der Waals surface area contributed by atoms with Gasteiger partial charge in [-0.05, 0) is 25.1 Å². The highest BCUT2D eigenvalue weighted by atomic mass is 35.5. The molecule has 0 heterocycles. The molecule has 0 unspecified atom stereocenters. The Morgan fingerprint density at radius 2 is 2.00 bits per heavy atom. The molecule has 0 spiro atoms.